The van der Waals surface area contributed by atoms with Crippen LogP contribution in [0, 0.1) is 6.92 Å². The van der Waals surface area contributed by atoms with Crippen LogP contribution in [0.15, 0.2) is 72.8 Å². The van der Waals surface area contributed by atoms with Crippen molar-refractivity contribution in [2.75, 3.05) is 13.2 Å². The predicted octanol–water partition coefficient (Wildman–Crippen LogP) is 6.11. The molecule has 0 aliphatic rings. The molecule has 1 aromatic heterocycles. The predicted molar refractivity (Wildman–Crippen MR) is 139 cm³/mol. The van der Waals surface area contributed by atoms with Crippen molar-refractivity contribution in [3.05, 3.63) is 89.2 Å². The van der Waals surface area contributed by atoms with Gasteiger partial charge in [-0.3, -0.25) is 4.79 Å². The van der Waals surface area contributed by atoms with Crippen molar-refractivity contribution in [3.8, 4) is 11.5 Å². The van der Waals surface area contributed by atoms with Crippen LogP contribution < -0.4 is 14.8 Å². The minimum Gasteiger partial charge on any atom is -0.494 e. The smallest absolute Gasteiger partial charge is 0.258 e. The van der Waals surface area contributed by atoms with Crippen LogP contribution in [-0.4, -0.2) is 28.7 Å². The van der Waals surface area contributed by atoms with Gasteiger partial charge in [0.1, 0.15) is 17.3 Å². The number of carbonyl (C=O) groups is 1. The summed E-state index contributed by atoms with van der Waals surface area (Å²) in [5.41, 5.74) is 3.19. The molecule has 1 N–H and O–H groups in total. The van der Waals surface area contributed by atoms with E-state index in [1.807, 2.05) is 37.3 Å². The third-order valence-electron chi connectivity index (χ3n) is 5.70. The van der Waals surface area contributed by atoms with Crippen LogP contribution in [0.5, 0.6) is 11.5 Å². The van der Waals surface area contributed by atoms with Gasteiger partial charge < -0.3 is 19.4 Å². The summed E-state index contributed by atoms with van der Waals surface area (Å²) in [4.78, 5) is 17.3. The summed E-state index contributed by atoms with van der Waals surface area (Å²) in [6, 6.07) is 22.8. The molecule has 0 fully saturated rings. The minimum absolute atomic E-state index is 0.0808. The number of fused-ring (bicyclic) bond motifs is 1. The number of para-hydroxylation sites is 2. The number of aromatic nitrogens is 2. The molecule has 182 valence electrons. The summed E-state index contributed by atoms with van der Waals surface area (Å²) in [6.45, 7) is 5.36. The van der Waals surface area contributed by atoms with Crippen LogP contribution in [0.2, 0.25) is 5.02 Å². The van der Waals surface area contributed by atoms with Gasteiger partial charge in [0.05, 0.1) is 23.7 Å². The lowest BCUT2D eigenvalue weighted by Gasteiger charge is -2.17. The second kappa shape index (κ2) is 11.8. The lowest BCUT2D eigenvalue weighted by atomic mass is 10.2. The van der Waals surface area contributed by atoms with Gasteiger partial charge in [-0.15, -0.1) is 0 Å². The Morgan fingerprint density at radius 3 is 2.43 bits per heavy atom. The molecule has 6 nitrogen and oxygen atoms in total. The number of carbonyl (C=O) groups excluding carboxylic acids is 1. The second-order valence-electron chi connectivity index (χ2n) is 8.51. The fourth-order valence-corrected chi connectivity index (χ4v) is 4.01. The fraction of sp³-hybridized carbons (Fsp3) is 0.286. The van der Waals surface area contributed by atoms with Crippen LogP contribution in [-0.2, 0) is 11.3 Å². The van der Waals surface area contributed by atoms with E-state index >= 15 is 0 Å². The zero-order valence-electron chi connectivity index (χ0n) is 20.0. The average Bonchev–Trinajstić information content (AvgIpc) is 3.23. The van der Waals surface area contributed by atoms with E-state index in [4.69, 9.17) is 26.1 Å². The molecule has 35 heavy (non-hydrogen) atoms. The van der Waals surface area contributed by atoms with Gasteiger partial charge in [-0.05, 0) is 75.2 Å². The number of amides is 1. The molecular formula is C28H30ClN3O3. The van der Waals surface area contributed by atoms with E-state index in [9.17, 15) is 4.79 Å². The number of nitrogens with zero attached hydrogens (tertiary/aromatic N) is 2. The average molecular weight is 492 g/mol. The highest BCUT2D eigenvalue weighted by Crippen LogP contribution is 2.22. The zero-order chi connectivity index (χ0) is 24.6. The number of aryl methyl sites for hydroxylation is 2. The number of unbranched alkanes of at least 4 members (excludes halogenated alkanes) is 1. The molecule has 1 heterocycles. The second-order valence-corrected chi connectivity index (χ2v) is 8.95. The quantitative estimate of drug-likeness (QED) is 0.257. The SMILES string of the molecule is Cc1ccc(OCCCCn2c(C(C)NC(=O)COc3ccc(Cl)cc3)nc3ccccc32)cc1. The van der Waals surface area contributed by atoms with Crippen LogP contribution in [0.1, 0.15) is 37.2 Å². The standard InChI is InChI=1S/C28H30ClN3O3/c1-20-9-13-23(14-10-20)34-18-6-5-17-32-26-8-4-3-7-25(26)31-28(32)21(2)30-27(33)19-35-24-15-11-22(29)12-16-24/h3-4,7-16,21H,5-6,17-19H2,1-2H3,(H,30,33). The summed E-state index contributed by atoms with van der Waals surface area (Å²) >= 11 is 5.90. The molecule has 0 saturated heterocycles. The summed E-state index contributed by atoms with van der Waals surface area (Å²) in [5, 5.41) is 3.63. The van der Waals surface area contributed by atoms with Crippen LogP contribution >= 0.6 is 11.6 Å². The monoisotopic (exact) mass is 491 g/mol. The third-order valence-corrected chi connectivity index (χ3v) is 5.95. The number of halogens is 1. The molecule has 1 unspecified atom stereocenters. The molecule has 0 bridgehead atoms. The first-order chi connectivity index (χ1) is 17.0. The Hall–Kier alpha value is -3.51. The van der Waals surface area contributed by atoms with Crippen molar-refractivity contribution in [1.29, 1.82) is 0 Å². The van der Waals surface area contributed by atoms with Crippen molar-refractivity contribution >= 4 is 28.5 Å². The van der Waals surface area contributed by atoms with Gasteiger partial charge in [0.25, 0.3) is 5.91 Å². The minimum atomic E-state index is -0.271. The molecule has 3 aromatic carbocycles. The molecule has 1 amide bonds. The van der Waals surface area contributed by atoms with Crippen LogP contribution in [0.3, 0.4) is 0 Å². The van der Waals surface area contributed by atoms with Crippen molar-refractivity contribution in [1.82, 2.24) is 14.9 Å². The van der Waals surface area contributed by atoms with Crippen molar-refractivity contribution in [3.63, 3.8) is 0 Å². The van der Waals surface area contributed by atoms with Crippen molar-refractivity contribution in [2.24, 2.45) is 0 Å². The van der Waals surface area contributed by atoms with Crippen molar-refractivity contribution in [2.45, 2.75) is 39.3 Å². The number of hydrogen-bond donors (Lipinski definition) is 1. The molecule has 0 saturated carbocycles. The molecule has 0 aliphatic heterocycles. The van der Waals surface area contributed by atoms with E-state index in [0.717, 1.165) is 42.0 Å². The maximum Gasteiger partial charge on any atom is 0.258 e. The van der Waals surface area contributed by atoms with Gasteiger partial charge in [-0.2, -0.15) is 0 Å². The lowest BCUT2D eigenvalue weighted by molar-refractivity contribution is -0.123. The molecule has 4 aromatic rings. The Balaban J connectivity index is 1.34. The summed E-state index contributed by atoms with van der Waals surface area (Å²) in [6.07, 6.45) is 1.84. The first kappa shape index (κ1) is 24.6. The Bertz CT molecular complexity index is 1250. The first-order valence-corrected chi connectivity index (χ1v) is 12.2. The fourth-order valence-electron chi connectivity index (χ4n) is 3.88. The van der Waals surface area contributed by atoms with Gasteiger partial charge in [0, 0.05) is 11.6 Å². The van der Waals surface area contributed by atoms with E-state index in [-0.39, 0.29) is 18.6 Å². The zero-order valence-corrected chi connectivity index (χ0v) is 20.8. The molecule has 7 heteroatoms. The summed E-state index contributed by atoms with van der Waals surface area (Å²) < 4.78 is 13.6. The Morgan fingerprint density at radius 2 is 1.66 bits per heavy atom. The highest BCUT2D eigenvalue weighted by molar-refractivity contribution is 6.30. The molecule has 0 radical (unpaired) electrons. The van der Waals surface area contributed by atoms with Gasteiger partial charge in [0.2, 0.25) is 0 Å². The topological polar surface area (TPSA) is 65.4 Å². The number of rotatable bonds is 11. The largest absolute Gasteiger partial charge is 0.494 e. The van der Waals surface area contributed by atoms with E-state index in [1.54, 1.807) is 24.3 Å². The summed E-state index contributed by atoms with van der Waals surface area (Å²) in [7, 11) is 0. The Kier molecular flexibility index (Phi) is 8.27. The first-order valence-electron chi connectivity index (χ1n) is 11.8. The molecule has 1 atom stereocenters. The van der Waals surface area contributed by atoms with Gasteiger partial charge in [0.15, 0.2) is 6.61 Å². The van der Waals surface area contributed by atoms with E-state index < -0.39 is 0 Å². The van der Waals surface area contributed by atoms with E-state index in [0.29, 0.717) is 17.4 Å². The van der Waals surface area contributed by atoms with Crippen LogP contribution in [0.4, 0.5) is 0 Å². The van der Waals surface area contributed by atoms with E-state index in [1.165, 1.54) is 5.56 Å². The summed E-state index contributed by atoms with van der Waals surface area (Å²) in [5.74, 6) is 2.10. The Morgan fingerprint density at radius 1 is 0.971 bits per heavy atom. The van der Waals surface area contributed by atoms with Crippen molar-refractivity contribution < 1.29 is 14.3 Å². The third kappa shape index (κ3) is 6.76. The van der Waals surface area contributed by atoms with Gasteiger partial charge in [-0.1, -0.05) is 41.4 Å². The Labute approximate surface area is 210 Å². The number of nitrogens with one attached hydrogen (secondary N) is 1. The number of benzene rings is 3. The number of imidazole rings is 1. The lowest BCUT2D eigenvalue weighted by Crippen LogP contribution is -2.32. The molecule has 0 aliphatic carbocycles. The highest BCUT2D eigenvalue weighted by atomic mass is 35.5. The number of ether oxygens (including phenoxy) is 2. The maximum atomic E-state index is 12.5. The molecular weight excluding hydrogens is 462 g/mol. The van der Waals surface area contributed by atoms with E-state index in [2.05, 4.69) is 35.0 Å². The normalized spacial score (nSPS) is 11.9. The van der Waals surface area contributed by atoms with Crippen LogP contribution in [0.25, 0.3) is 11.0 Å². The number of hydrogen-bond acceptors (Lipinski definition) is 4. The van der Waals surface area contributed by atoms with Gasteiger partial charge in [-0.25, -0.2) is 4.98 Å². The highest BCUT2D eigenvalue weighted by Gasteiger charge is 2.18. The van der Waals surface area contributed by atoms with Gasteiger partial charge >= 0.3 is 0 Å². The molecule has 4 rings (SSSR count). The molecule has 0 spiro atoms. The maximum absolute atomic E-state index is 12.5.